The minimum absolute atomic E-state index is 0.297. The molecule has 0 radical (unpaired) electrons. The van der Waals surface area contributed by atoms with Gasteiger partial charge in [0.05, 0.1) is 0 Å². The van der Waals surface area contributed by atoms with Gasteiger partial charge in [-0.05, 0) is 50.4 Å². The fraction of sp³-hybridized carbons (Fsp3) is 0.647. The van der Waals surface area contributed by atoms with Crippen LogP contribution in [0.2, 0.25) is 0 Å². The van der Waals surface area contributed by atoms with Crippen LogP contribution in [0.3, 0.4) is 0 Å². The number of nitrogens with one attached hydrogen (secondary N) is 1. The van der Waals surface area contributed by atoms with Gasteiger partial charge in [0.1, 0.15) is 0 Å². The monoisotopic (exact) mass is 354 g/mol. The van der Waals surface area contributed by atoms with Crippen molar-refractivity contribution in [3.63, 3.8) is 0 Å². The van der Waals surface area contributed by atoms with Crippen molar-refractivity contribution in [1.29, 1.82) is 0 Å². The summed E-state index contributed by atoms with van der Waals surface area (Å²) in [5, 5.41) is 12.5. The van der Waals surface area contributed by atoms with E-state index in [1.54, 1.807) is 0 Å². The highest BCUT2D eigenvalue weighted by atomic mass is 79.9. The molecule has 1 aromatic carbocycles. The van der Waals surface area contributed by atoms with Crippen molar-refractivity contribution in [2.24, 2.45) is 0 Å². The molecule has 2 rings (SSSR count). The Kier molecular flexibility index (Phi) is 7.17. The number of rotatable bonds is 9. The van der Waals surface area contributed by atoms with Crippen molar-refractivity contribution in [2.75, 3.05) is 26.7 Å². The van der Waals surface area contributed by atoms with Crippen LogP contribution in [-0.2, 0) is 0 Å². The number of benzene rings is 1. The van der Waals surface area contributed by atoms with Gasteiger partial charge in [-0.2, -0.15) is 0 Å². The predicted octanol–water partition coefficient (Wildman–Crippen LogP) is 3.34. The summed E-state index contributed by atoms with van der Waals surface area (Å²) < 4.78 is 1.13. The Bertz CT molecular complexity index is 406. The molecule has 1 atom stereocenters. The van der Waals surface area contributed by atoms with Crippen molar-refractivity contribution in [1.82, 2.24) is 10.2 Å². The topological polar surface area (TPSA) is 35.5 Å². The SMILES string of the molecule is CNC(CCN(CCCO)C1CCC1)c1ccc(Br)cc1. The van der Waals surface area contributed by atoms with Crippen molar-refractivity contribution in [2.45, 2.75) is 44.2 Å². The average Bonchev–Trinajstić information content (AvgIpc) is 2.44. The van der Waals surface area contributed by atoms with Crippen LogP contribution in [0.15, 0.2) is 28.7 Å². The normalized spacial score (nSPS) is 17.0. The molecule has 0 aliphatic heterocycles. The Morgan fingerprint density at radius 3 is 2.52 bits per heavy atom. The number of halogens is 1. The molecule has 0 saturated heterocycles. The summed E-state index contributed by atoms with van der Waals surface area (Å²) in [6, 6.07) is 9.73. The lowest BCUT2D eigenvalue weighted by Crippen LogP contribution is -2.42. The fourth-order valence-corrected chi connectivity index (χ4v) is 3.23. The molecule has 4 heteroatoms. The zero-order valence-electron chi connectivity index (χ0n) is 12.9. The number of aliphatic hydroxyl groups excluding tert-OH is 1. The van der Waals surface area contributed by atoms with Crippen LogP contribution in [-0.4, -0.2) is 42.8 Å². The van der Waals surface area contributed by atoms with E-state index in [0.717, 1.165) is 36.4 Å². The van der Waals surface area contributed by atoms with Crippen molar-refractivity contribution < 1.29 is 5.11 Å². The molecular weight excluding hydrogens is 328 g/mol. The highest BCUT2D eigenvalue weighted by Crippen LogP contribution is 2.26. The highest BCUT2D eigenvalue weighted by Gasteiger charge is 2.24. The molecule has 3 nitrogen and oxygen atoms in total. The van der Waals surface area contributed by atoms with Crippen molar-refractivity contribution >= 4 is 15.9 Å². The Hall–Kier alpha value is -0.420. The van der Waals surface area contributed by atoms with Gasteiger partial charge >= 0.3 is 0 Å². The maximum absolute atomic E-state index is 9.07. The van der Waals surface area contributed by atoms with Gasteiger partial charge < -0.3 is 15.3 Å². The van der Waals surface area contributed by atoms with E-state index in [0.29, 0.717) is 12.6 Å². The van der Waals surface area contributed by atoms with Crippen LogP contribution in [0, 0.1) is 0 Å². The summed E-state index contributed by atoms with van der Waals surface area (Å²) in [6.07, 6.45) is 6.02. The molecule has 0 amide bonds. The second kappa shape index (κ2) is 8.89. The van der Waals surface area contributed by atoms with Crippen LogP contribution in [0.1, 0.15) is 43.7 Å². The predicted molar refractivity (Wildman–Crippen MR) is 91.5 cm³/mol. The molecule has 1 saturated carbocycles. The van der Waals surface area contributed by atoms with Gasteiger partial charge in [0.25, 0.3) is 0 Å². The van der Waals surface area contributed by atoms with E-state index in [-0.39, 0.29) is 0 Å². The van der Waals surface area contributed by atoms with E-state index in [9.17, 15) is 0 Å². The van der Waals surface area contributed by atoms with Crippen molar-refractivity contribution in [3.8, 4) is 0 Å². The van der Waals surface area contributed by atoms with Crippen LogP contribution in [0.25, 0.3) is 0 Å². The van der Waals surface area contributed by atoms with E-state index >= 15 is 0 Å². The number of hydrogen-bond acceptors (Lipinski definition) is 3. The van der Waals surface area contributed by atoms with E-state index in [4.69, 9.17) is 5.11 Å². The Morgan fingerprint density at radius 1 is 1.29 bits per heavy atom. The van der Waals surface area contributed by atoms with Crippen LogP contribution in [0.4, 0.5) is 0 Å². The standard InChI is InChI=1S/C17H27BrN2O/c1-19-17(14-6-8-15(18)9-7-14)10-12-20(11-3-13-21)16-4-2-5-16/h6-9,16-17,19,21H,2-5,10-13H2,1H3. The van der Waals surface area contributed by atoms with Crippen LogP contribution < -0.4 is 5.32 Å². The molecule has 0 heterocycles. The molecule has 0 bridgehead atoms. The number of nitrogens with zero attached hydrogens (tertiary/aromatic N) is 1. The molecule has 1 aliphatic rings. The third kappa shape index (κ3) is 5.06. The maximum Gasteiger partial charge on any atom is 0.0443 e. The lowest BCUT2D eigenvalue weighted by Gasteiger charge is -2.38. The zero-order valence-corrected chi connectivity index (χ0v) is 14.5. The molecule has 1 aromatic rings. The first-order valence-electron chi connectivity index (χ1n) is 8.02. The molecule has 1 aliphatic carbocycles. The third-order valence-corrected chi connectivity index (χ3v) is 5.05. The lowest BCUT2D eigenvalue weighted by molar-refractivity contribution is 0.112. The molecule has 118 valence electrons. The summed E-state index contributed by atoms with van der Waals surface area (Å²) in [7, 11) is 2.04. The smallest absolute Gasteiger partial charge is 0.0443 e. The average molecular weight is 355 g/mol. The van der Waals surface area contributed by atoms with Crippen LogP contribution in [0.5, 0.6) is 0 Å². The van der Waals surface area contributed by atoms with Crippen LogP contribution >= 0.6 is 15.9 Å². The minimum atomic E-state index is 0.297. The van der Waals surface area contributed by atoms with E-state index in [1.807, 2.05) is 7.05 Å². The van der Waals surface area contributed by atoms with E-state index < -0.39 is 0 Å². The number of hydrogen-bond donors (Lipinski definition) is 2. The van der Waals surface area contributed by atoms with E-state index in [1.165, 1.54) is 24.8 Å². The van der Waals surface area contributed by atoms with Crippen molar-refractivity contribution in [3.05, 3.63) is 34.3 Å². The first kappa shape index (κ1) is 16.9. The summed E-state index contributed by atoms with van der Waals surface area (Å²) >= 11 is 3.49. The third-order valence-electron chi connectivity index (χ3n) is 4.52. The van der Waals surface area contributed by atoms with Gasteiger partial charge in [0, 0.05) is 36.3 Å². The molecule has 1 fully saturated rings. The summed E-state index contributed by atoms with van der Waals surface area (Å²) in [5.41, 5.74) is 1.34. The summed E-state index contributed by atoms with van der Waals surface area (Å²) in [4.78, 5) is 2.57. The summed E-state index contributed by atoms with van der Waals surface area (Å²) in [5.74, 6) is 0. The number of aliphatic hydroxyl groups is 1. The quantitative estimate of drug-likeness (QED) is 0.713. The second-order valence-corrected chi connectivity index (χ2v) is 6.80. The molecule has 0 aromatic heterocycles. The first-order chi connectivity index (χ1) is 10.2. The van der Waals surface area contributed by atoms with Gasteiger partial charge in [0.15, 0.2) is 0 Å². The zero-order chi connectivity index (χ0) is 15.1. The van der Waals surface area contributed by atoms with E-state index in [2.05, 4.69) is 50.4 Å². The maximum atomic E-state index is 9.07. The van der Waals surface area contributed by atoms with Gasteiger partial charge in [-0.15, -0.1) is 0 Å². The Labute approximate surface area is 136 Å². The first-order valence-corrected chi connectivity index (χ1v) is 8.81. The Morgan fingerprint density at radius 2 is 2.00 bits per heavy atom. The largest absolute Gasteiger partial charge is 0.396 e. The Balaban J connectivity index is 1.88. The molecule has 1 unspecified atom stereocenters. The molecule has 0 spiro atoms. The molecule has 2 N–H and O–H groups in total. The van der Waals surface area contributed by atoms with Gasteiger partial charge in [-0.3, -0.25) is 0 Å². The lowest BCUT2D eigenvalue weighted by atomic mass is 9.90. The highest BCUT2D eigenvalue weighted by molar-refractivity contribution is 9.10. The summed E-state index contributed by atoms with van der Waals surface area (Å²) in [6.45, 7) is 2.43. The minimum Gasteiger partial charge on any atom is -0.396 e. The van der Waals surface area contributed by atoms with Gasteiger partial charge in [0.2, 0.25) is 0 Å². The fourth-order valence-electron chi connectivity index (χ4n) is 2.97. The van der Waals surface area contributed by atoms with Gasteiger partial charge in [-0.25, -0.2) is 0 Å². The molecule has 21 heavy (non-hydrogen) atoms. The molecular formula is C17H27BrN2O. The second-order valence-electron chi connectivity index (χ2n) is 5.88. The van der Waals surface area contributed by atoms with Gasteiger partial charge in [-0.1, -0.05) is 34.5 Å².